The van der Waals surface area contributed by atoms with Gasteiger partial charge in [-0.3, -0.25) is 9.59 Å². The van der Waals surface area contributed by atoms with Crippen LogP contribution < -0.4 is 10.6 Å². The highest BCUT2D eigenvalue weighted by Gasteiger charge is 2.33. The quantitative estimate of drug-likeness (QED) is 0.723. The molecule has 3 rings (SSSR count). The highest BCUT2D eigenvalue weighted by molar-refractivity contribution is 6.31. The summed E-state index contributed by atoms with van der Waals surface area (Å²) in [7, 11) is 1.84. The number of carbonyl (C=O) groups excluding carboxylic acids is 2. The Morgan fingerprint density at radius 1 is 1.27 bits per heavy atom. The van der Waals surface area contributed by atoms with Gasteiger partial charge in [0.05, 0.1) is 12.0 Å². The molecule has 6 nitrogen and oxygen atoms in total. The maximum Gasteiger partial charge on any atom is 0.268 e. The lowest BCUT2D eigenvalue weighted by atomic mass is 9.83. The van der Waals surface area contributed by atoms with E-state index < -0.39 is 6.04 Å². The largest absolute Gasteiger partial charge is 0.347 e. The van der Waals surface area contributed by atoms with Crippen molar-refractivity contribution in [3.8, 4) is 6.07 Å². The van der Waals surface area contributed by atoms with Crippen molar-refractivity contribution in [2.75, 3.05) is 0 Å². The molecule has 0 radical (unpaired) electrons. The van der Waals surface area contributed by atoms with E-state index in [-0.39, 0.29) is 23.8 Å². The third-order valence-electron chi connectivity index (χ3n) is 5.84. The zero-order chi connectivity index (χ0) is 21.8. The predicted octanol–water partition coefficient (Wildman–Crippen LogP) is 4.17. The third-order valence-corrected chi connectivity index (χ3v) is 6.07. The number of fused-ring (bicyclic) bond motifs is 1. The van der Waals surface area contributed by atoms with Crippen molar-refractivity contribution >= 4 is 34.3 Å². The van der Waals surface area contributed by atoms with E-state index in [1.807, 2.05) is 43.7 Å². The SMILES string of the molecule is CC(C)C[C@@H](C#N)NC(=O)[C@@H]1CCCC[C@@H]1NC(=O)c1cc2ccc(Cl)cc2n1C. The summed E-state index contributed by atoms with van der Waals surface area (Å²) in [5.41, 5.74) is 1.42. The fourth-order valence-electron chi connectivity index (χ4n) is 4.27. The summed E-state index contributed by atoms with van der Waals surface area (Å²) in [4.78, 5) is 25.9. The number of halogens is 1. The molecule has 0 bridgehead atoms. The number of amides is 2. The van der Waals surface area contributed by atoms with E-state index in [0.29, 0.717) is 29.5 Å². The Hall–Kier alpha value is -2.52. The van der Waals surface area contributed by atoms with Gasteiger partial charge in [-0.1, -0.05) is 44.4 Å². The smallest absolute Gasteiger partial charge is 0.268 e. The fourth-order valence-corrected chi connectivity index (χ4v) is 4.44. The number of hydrogen-bond acceptors (Lipinski definition) is 3. The molecular weight excluding hydrogens is 400 g/mol. The Bertz CT molecular complexity index is 975. The Morgan fingerprint density at radius 2 is 2.00 bits per heavy atom. The molecule has 30 heavy (non-hydrogen) atoms. The van der Waals surface area contributed by atoms with Crippen LogP contribution in [0.4, 0.5) is 0 Å². The lowest BCUT2D eigenvalue weighted by Gasteiger charge is -2.32. The highest BCUT2D eigenvalue weighted by Crippen LogP contribution is 2.27. The molecule has 1 fully saturated rings. The molecule has 3 atom stereocenters. The van der Waals surface area contributed by atoms with E-state index in [0.717, 1.165) is 30.2 Å². The van der Waals surface area contributed by atoms with Crippen LogP contribution >= 0.6 is 11.6 Å². The molecule has 1 aromatic heterocycles. The average molecular weight is 429 g/mol. The number of nitrogens with one attached hydrogen (secondary N) is 2. The van der Waals surface area contributed by atoms with Crippen LogP contribution in [0.25, 0.3) is 10.9 Å². The number of aromatic nitrogens is 1. The minimum absolute atomic E-state index is 0.143. The summed E-state index contributed by atoms with van der Waals surface area (Å²) in [6, 6.07) is 8.80. The van der Waals surface area contributed by atoms with Crippen molar-refractivity contribution in [3.63, 3.8) is 0 Å². The van der Waals surface area contributed by atoms with Crippen molar-refractivity contribution in [2.45, 2.75) is 58.0 Å². The average Bonchev–Trinajstić information content (AvgIpc) is 3.03. The zero-order valence-corrected chi connectivity index (χ0v) is 18.5. The number of rotatable bonds is 6. The van der Waals surface area contributed by atoms with Gasteiger partial charge >= 0.3 is 0 Å². The number of nitrogens with zero attached hydrogens (tertiary/aromatic N) is 2. The van der Waals surface area contributed by atoms with Gasteiger partial charge in [-0.25, -0.2) is 0 Å². The number of carbonyl (C=O) groups is 2. The van der Waals surface area contributed by atoms with E-state index in [4.69, 9.17) is 11.6 Å². The summed E-state index contributed by atoms with van der Waals surface area (Å²) < 4.78 is 1.82. The molecule has 160 valence electrons. The van der Waals surface area contributed by atoms with Crippen molar-refractivity contribution in [2.24, 2.45) is 18.9 Å². The molecule has 0 saturated heterocycles. The van der Waals surface area contributed by atoms with Crippen LogP contribution in [-0.2, 0) is 11.8 Å². The molecule has 2 N–H and O–H groups in total. The van der Waals surface area contributed by atoms with Crippen molar-refractivity contribution in [3.05, 3.63) is 35.0 Å². The summed E-state index contributed by atoms with van der Waals surface area (Å²) in [5.74, 6) is -0.351. The number of nitriles is 1. The monoisotopic (exact) mass is 428 g/mol. The Morgan fingerprint density at radius 3 is 2.70 bits per heavy atom. The minimum Gasteiger partial charge on any atom is -0.347 e. The van der Waals surface area contributed by atoms with Gasteiger partial charge in [-0.15, -0.1) is 0 Å². The van der Waals surface area contributed by atoms with Crippen LogP contribution in [0.5, 0.6) is 0 Å². The van der Waals surface area contributed by atoms with Gasteiger partial charge in [0, 0.05) is 29.0 Å². The molecule has 1 aromatic carbocycles. The predicted molar refractivity (Wildman–Crippen MR) is 118 cm³/mol. The number of aryl methyl sites for hydroxylation is 1. The molecular formula is C23H29ClN4O2. The Balaban J connectivity index is 1.74. The van der Waals surface area contributed by atoms with Gasteiger partial charge < -0.3 is 15.2 Å². The second-order valence-electron chi connectivity index (χ2n) is 8.58. The van der Waals surface area contributed by atoms with E-state index in [9.17, 15) is 14.9 Å². The van der Waals surface area contributed by atoms with E-state index >= 15 is 0 Å². The maximum absolute atomic E-state index is 13.0. The van der Waals surface area contributed by atoms with Gasteiger partial charge in [0.15, 0.2) is 0 Å². The Labute approximate surface area is 182 Å². The summed E-state index contributed by atoms with van der Waals surface area (Å²) in [5, 5.41) is 16.9. The summed E-state index contributed by atoms with van der Waals surface area (Å²) in [6.45, 7) is 4.05. The van der Waals surface area contributed by atoms with Gasteiger partial charge in [-0.05, 0) is 43.4 Å². The van der Waals surface area contributed by atoms with Crippen LogP contribution in [0.15, 0.2) is 24.3 Å². The van der Waals surface area contributed by atoms with Crippen LogP contribution in [0.1, 0.15) is 56.4 Å². The molecule has 0 aliphatic heterocycles. The second-order valence-corrected chi connectivity index (χ2v) is 9.02. The second kappa shape index (κ2) is 9.53. The van der Waals surface area contributed by atoms with Gasteiger partial charge in [0.25, 0.3) is 5.91 Å². The fraction of sp³-hybridized carbons (Fsp3) is 0.522. The molecule has 2 amide bonds. The maximum atomic E-state index is 13.0. The van der Waals surface area contributed by atoms with Crippen molar-refractivity contribution in [1.82, 2.24) is 15.2 Å². The lowest BCUT2D eigenvalue weighted by Crippen LogP contribution is -2.50. The molecule has 0 spiro atoms. The van der Waals surface area contributed by atoms with Crippen LogP contribution in [0.3, 0.4) is 0 Å². The summed E-state index contributed by atoms with van der Waals surface area (Å²) >= 11 is 6.09. The molecule has 1 aliphatic rings. The third kappa shape index (κ3) is 4.96. The topological polar surface area (TPSA) is 86.9 Å². The van der Waals surface area contributed by atoms with Gasteiger partial charge in [0.1, 0.15) is 11.7 Å². The Kier molecular flexibility index (Phi) is 7.04. The van der Waals surface area contributed by atoms with Crippen molar-refractivity contribution < 1.29 is 9.59 Å². The first kappa shape index (κ1) is 22.2. The van der Waals surface area contributed by atoms with E-state index in [1.165, 1.54) is 0 Å². The molecule has 1 saturated carbocycles. The van der Waals surface area contributed by atoms with Crippen LogP contribution in [0.2, 0.25) is 5.02 Å². The molecule has 1 heterocycles. The van der Waals surface area contributed by atoms with E-state index in [2.05, 4.69) is 16.7 Å². The van der Waals surface area contributed by atoms with Crippen molar-refractivity contribution in [1.29, 1.82) is 5.26 Å². The normalized spacial score (nSPS) is 20.0. The standard InChI is InChI=1S/C23H29ClN4O2/c1-14(2)10-17(13-25)26-22(29)18-6-4-5-7-19(18)27-23(30)21-11-15-8-9-16(24)12-20(15)28(21)3/h8-9,11-12,14,17-19H,4-7,10H2,1-3H3,(H,26,29)(H,27,30)/t17-,18+,19-/m0/s1. The van der Waals surface area contributed by atoms with E-state index in [1.54, 1.807) is 6.07 Å². The highest BCUT2D eigenvalue weighted by atomic mass is 35.5. The molecule has 0 unspecified atom stereocenters. The lowest BCUT2D eigenvalue weighted by molar-refractivity contribution is -0.127. The molecule has 2 aromatic rings. The van der Waals surface area contributed by atoms with Gasteiger partial charge in [-0.2, -0.15) is 5.26 Å². The number of hydrogen-bond donors (Lipinski definition) is 2. The summed E-state index contributed by atoms with van der Waals surface area (Å²) in [6.07, 6.45) is 3.98. The zero-order valence-electron chi connectivity index (χ0n) is 17.7. The molecule has 7 heteroatoms. The van der Waals surface area contributed by atoms with Gasteiger partial charge in [0.2, 0.25) is 5.91 Å². The van der Waals surface area contributed by atoms with Crippen LogP contribution in [0, 0.1) is 23.2 Å². The first-order chi connectivity index (χ1) is 14.3. The van der Waals surface area contributed by atoms with Crippen LogP contribution in [-0.4, -0.2) is 28.5 Å². The minimum atomic E-state index is -0.501. The number of benzene rings is 1. The molecule has 1 aliphatic carbocycles. The first-order valence-corrected chi connectivity index (χ1v) is 10.9. The first-order valence-electron chi connectivity index (χ1n) is 10.6.